The maximum Gasteiger partial charge on any atom is 0.243 e. The number of Topliss-reactive ketones (excluding diaryl/α,β-unsaturated/α-hetero) is 2. The molecule has 0 aromatic heterocycles. The second-order valence-corrected chi connectivity index (χ2v) is 13.4. The van der Waals surface area contributed by atoms with Crippen LogP contribution >= 0.6 is 0 Å². The Kier molecular flexibility index (Phi) is 17.6. The van der Waals surface area contributed by atoms with Gasteiger partial charge >= 0.3 is 0 Å². The maximum absolute atomic E-state index is 13.2. The van der Waals surface area contributed by atoms with Gasteiger partial charge in [0, 0.05) is 25.3 Å². The molecule has 1 fully saturated rings. The van der Waals surface area contributed by atoms with E-state index in [1.807, 2.05) is 33.8 Å². The van der Waals surface area contributed by atoms with Crippen LogP contribution in [0.1, 0.15) is 126 Å². The number of carbonyl (C=O) groups excluding carboxylic acids is 3. The molecule has 1 saturated heterocycles. The Labute approximate surface area is 255 Å². The van der Waals surface area contributed by atoms with E-state index in [0.29, 0.717) is 38.1 Å². The number of ketones is 2. The van der Waals surface area contributed by atoms with Crippen LogP contribution in [0.3, 0.4) is 0 Å². The second kappa shape index (κ2) is 19.4. The fourth-order valence-electron chi connectivity index (χ4n) is 6.07. The third kappa shape index (κ3) is 15.5. The number of carbonyl (C=O) groups is 3. The molecule has 0 radical (unpaired) electrons. The van der Waals surface area contributed by atoms with Gasteiger partial charge in [0.2, 0.25) is 5.91 Å². The van der Waals surface area contributed by atoms with Gasteiger partial charge < -0.3 is 30.1 Å². The van der Waals surface area contributed by atoms with E-state index in [9.17, 15) is 19.5 Å². The number of allylic oxidation sites excluding steroid dienone is 1. The summed E-state index contributed by atoms with van der Waals surface area (Å²) in [7, 11) is 0. The number of amides is 1. The van der Waals surface area contributed by atoms with E-state index in [0.717, 1.165) is 38.5 Å². The Hall–Kier alpha value is -1.90. The standard InChI is InChI=1S/C34H60N2O6/c1-9-10-14-31(38)36-17-12-11-13-28(20-26(6)37)21-29(35)33(39)25(5)15-16-30(34(8,40)22-23(2)3)42-32-19-24(4)18-27(7)41-32/h10,14,23-25,27-28,30,32,35,40H,9,11-13,15-22H2,1-8H3,(H,36,38)/b14-10+,35-29?/t24-,25+,27+,28-,30+,32-,34?/m0/s1. The molecule has 8 nitrogen and oxygen atoms in total. The van der Waals surface area contributed by atoms with Crippen molar-refractivity contribution in [2.75, 3.05) is 6.54 Å². The molecular weight excluding hydrogens is 532 g/mol. The van der Waals surface area contributed by atoms with Gasteiger partial charge in [-0.2, -0.15) is 0 Å². The number of hydrogen-bond acceptors (Lipinski definition) is 7. The fourth-order valence-corrected chi connectivity index (χ4v) is 6.07. The van der Waals surface area contributed by atoms with Gasteiger partial charge in [-0.25, -0.2) is 0 Å². The van der Waals surface area contributed by atoms with Crippen molar-refractivity contribution in [1.82, 2.24) is 5.32 Å². The van der Waals surface area contributed by atoms with Gasteiger partial charge in [0.15, 0.2) is 12.1 Å². The SMILES string of the molecule is CC/C=C/C(=O)NCCCC[C@H](CC(=N)C(=O)[C@H](C)CC[C@@H](O[C@H]1C[C@@H](C)C[C@@H](C)O1)C(C)(O)CC(C)C)CC(C)=O. The summed E-state index contributed by atoms with van der Waals surface area (Å²) in [6, 6.07) is 0. The van der Waals surface area contributed by atoms with Crippen molar-refractivity contribution in [3.8, 4) is 0 Å². The molecule has 8 heteroatoms. The Morgan fingerprint density at radius 1 is 1.10 bits per heavy atom. The van der Waals surface area contributed by atoms with Crippen LogP contribution in [0.2, 0.25) is 0 Å². The molecule has 7 atom stereocenters. The van der Waals surface area contributed by atoms with Gasteiger partial charge in [-0.15, -0.1) is 0 Å². The predicted octanol–water partition coefficient (Wildman–Crippen LogP) is 6.57. The molecule has 0 spiro atoms. The first-order valence-electron chi connectivity index (χ1n) is 16.2. The molecule has 0 aromatic carbocycles. The molecule has 1 amide bonds. The summed E-state index contributed by atoms with van der Waals surface area (Å²) in [4.78, 5) is 36.8. The van der Waals surface area contributed by atoms with E-state index in [-0.39, 0.29) is 53.8 Å². The van der Waals surface area contributed by atoms with Crippen molar-refractivity contribution in [2.24, 2.45) is 23.7 Å². The zero-order chi connectivity index (χ0) is 31.9. The zero-order valence-electron chi connectivity index (χ0n) is 27.7. The summed E-state index contributed by atoms with van der Waals surface area (Å²) in [5, 5.41) is 22.8. The number of nitrogens with one attached hydrogen (secondary N) is 2. The Morgan fingerprint density at radius 3 is 2.38 bits per heavy atom. The average Bonchev–Trinajstić information content (AvgIpc) is 2.87. The number of aliphatic hydroxyl groups is 1. The summed E-state index contributed by atoms with van der Waals surface area (Å²) in [6.07, 6.45) is 9.59. The summed E-state index contributed by atoms with van der Waals surface area (Å²) < 4.78 is 12.4. The highest BCUT2D eigenvalue weighted by Crippen LogP contribution is 2.32. The van der Waals surface area contributed by atoms with E-state index < -0.39 is 17.6 Å². The van der Waals surface area contributed by atoms with Crippen LogP contribution in [0.4, 0.5) is 0 Å². The van der Waals surface area contributed by atoms with Crippen molar-refractivity contribution in [3.05, 3.63) is 12.2 Å². The lowest BCUT2D eigenvalue weighted by atomic mass is 9.83. The van der Waals surface area contributed by atoms with Crippen LogP contribution < -0.4 is 5.32 Å². The Bertz CT molecular complexity index is 873. The van der Waals surface area contributed by atoms with Crippen LogP contribution in [0, 0.1) is 29.1 Å². The monoisotopic (exact) mass is 592 g/mol. The first-order valence-corrected chi connectivity index (χ1v) is 16.2. The van der Waals surface area contributed by atoms with E-state index in [4.69, 9.17) is 14.9 Å². The highest BCUT2D eigenvalue weighted by molar-refractivity contribution is 6.39. The molecule has 0 aromatic rings. The van der Waals surface area contributed by atoms with E-state index >= 15 is 0 Å². The van der Waals surface area contributed by atoms with E-state index in [1.165, 1.54) is 6.08 Å². The second-order valence-electron chi connectivity index (χ2n) is 13.4. The molecule has 1 aliphatic heterocycles. The summed E-state index contributed by atoms with van der Waals surface area (Å²) in [6.45, 7) is 16.1. The van der Waals surface area contributed by atoms with Crippen LogP contribution in [0.5, 0.6) is 0 Å². The first-order chi connectivity index (χ1) is 19.6. The molecular formula is C34H60N2O6. The van der Waals surface area contributed by atoms with E-state index in [2.05, 4.69) is 26.1 Å². The maximum atomic E-state index is 13.2. The largest absolute Gasteiger partial charge is 0.387 e. The number of rotatable bonds is 21. The molecule has 0 aliphatic carbocycles. The molecule has 42 heavy (non-hydrogen) atoms. The molecule has 0 saturated carbocycles. The van der Waals surface area contributed by atoms with Crippen molar-refractivity contribution in [3.63, 3.8) is 0 Å². The summed E-state index contributed by atoms with van der Waals surface area (Å²) >= 11 is 0. The fraction of sp³-hybridized carbons (Fsp3) is 0.824. The van der Waals surface area contributed by atoms with Crippen LogP contribution in [-0.4, -0.2) is 58.9 Å². The molecule has 0 bridgehead atoms. The Balaban J connectivity index is 2.72. The van der Waals surface area contributed by atoms with Crippen LogP contribution in [-0.2, 0) is 23.9 Å². The third-order valence-corrected chi connectivity index (χ3v) is 8.06. The average molecular weight is 593 g/mol. The van der Waals surface area contributed by atoms with Gasteiger partial charge in [0.25, 0.3) is 0 Å². The normalized spacial score (nSPS) is 22.9. The minimum absolute atomic E-state index is 0.0484. The topological polar surface area (TPSA) is 126 Å². The van der Waals surface area contributed by atoms with Crippen molar-refractivity contribution >= 4 is 23.2 Å². The van der Waals surface area contributed by atoms with Crippen molar-refractivity contribution in [1.29, 1.82) is 5.41 Å². The summed E-state index contributed by atoms with van der Waals surface area (Å²) in [5.74, 6) is 0.0115. The van der Waals surface area contributed by atoms with Gasteiger partial charge in [0.1, 0.15) is 5.78 Å². The predicted molar refractivity (Wildman–Crippen MR) is 169 cm³/mol. The van der Waals surface area contributed by atoms with Gasteiger partial charge in [-0.05, 0) is 96.0 Å². The quantitative estimate of drug-likeness (QED) is 0.0786. The lowest BCUT2D eigenvalue weighted by molar-refractivity contribution is -0.251. The highest BCUT2D eigenvalue weighted by atomic mass is 16.7. The van der Waals surface area contributed by atoms with E-state index in [1.54, 1.807) is 6.92 Å². The molecule has 1 heterocycles. The highest BCUT2D eigenvalue weighted by Gasteiger charge is 2.38. The van der Waals surface area contributed by atoms with Crippen molar-refractivity contribution < 1.29 is 29.0 Å². The number of hydrogen-bond donors (Lipinski definition) is 3. The van der Waals surface area contributed by atoms with Gasteiger partial charge in [0.05, 0.1) is 23.5 Å². The number of ether oxygens (including phenoxy) is 2. The van der Waals surface area contributed by atoms with Crippen LogP contribution in [0.25, 0.3) is 0 Å². The molecule has 242 valence electrons. The molecule has 1 rings (SSSR count). The smallest absolute Gasteiger partial charge is 0.243 e. The molecule has 1 aliphatic rings. The minimum atomic E-state index is -1.07. The lowest BCUT2D eigenvalue weighted by Gasteiger charge is -2.40. The lowest BCUT2D eigenvalue weighted by Crippen LogP contribution is -2.46. The number of unbranched alkanes of at least 4 members (excludes halogenated alkanes) is 1. The van der Waals surface area contributed by atoms with Crippen LogP contribution in [0.15, 0.2) is 12.2 Å². The van der Waals surface area contributed by atoms with Crippen molar-refractivity contribution in [2.45, 2.75) is 150 Å². The van der Waals surface area contributed by atoms with Gasteiger partial charge in [-0.3, -0.25) is 9.59 Å². The zero-order valence-corrected chi connectivity index (χ0v) is 27.7. The van der Waals surface area contributed by atoms with Gasteiger partial charge in [-0.1, -0.05) is 47.1 Å². The summed E-state index contributed by atoms with van der Waals surface area (Å²) in [5.41, 5.74) is -1.02. The third-order valence-electron chi connectivity index (χ3n) is 8.06. The first kappa shape index (κ1) is 38.1. The minimum Gasteiger partial charge on any atom is -0.387 e. The Morgan fingerprint density at radius 2 is 1.79 bits per heavy atom. The molecule has 3 N–H and O–H groups in total. The molecule has 1 unspecified atom stereocenters.